The van der Waals surface area contributed by atoms with E-state index in [1.807, 2.05) is 31.2 Å². The summed E-state index contributed by atoms with van der Waals surface area (Å²) in [7, 11) is 0. The van der Waals surface area contributed by atoms with E-state index in [0.29, 0.717) is 24.5 Å². The topological polar surface area (TPSA) is 30.5 Å². The molecule has 0 spiro atoms. The second kappa shape index (κ2) is 9.67. The van der Waals surface area contributed by atoms with Gasteiger partial charge in [0.05, 0.1) is 13.2 Å². The third-order valence-electron chi connectivity index (χ3n) is 3.63. The fourth-order valence-electron chi connectivity index (χ4n) is 2.22. The fourth-order valence-corrected chi connectivity index (χ4v) is 2.22. The van der Waals surface area contributed by atoms with Gasteiger partial charge in [0.15, 0.2) is 11.5 Å². The van der Waals surface area contributed by atoms with Crippen LogP contribution in [0.3, 0.4) is 0 Å². The van der Waals surface area contributed by atoms with Crippen LogP contribution >= 0.6 is 0 Å². The Morgan fingerprint density at radius 2 is 1.62 bits per heavy atom. The second-order valence-electron chi connectivity index (χ2n) is 6.08. The molecule has 0 aliphatic rings. The van der Waals surface area contributed by atoms with Crippen LogP contribution in [0.5, 0.6) is 11.5 Å². The molecule has 0 bridgehead atoms. The first-order valence-electron chi connectivity index (χ1n) is 8.12. The van der Waals surface area contributed by atoms with Crippen molar-refractivity contribution in [2.45, 2.75) is 47.1 Å². The quantitative estimate of drug-likeness (QED) is 0.704. The minimum atomic E-state index is 0.533. The Morgan fingerprint density at radius 3 is 2.14 bits per heavy atom. The highest BCUT2D eigenvalue weighted by molar-refractivity contribution is 5.39. The van der Waals surface area contributed by atoms with Gasteiger partial charge in [-0.15, -0.1) is 0 Å². The molecule has 1 rings (SSSR count). The highest BCUT2D eigenvalue weighted by Crippen LogP contribution is 2.27. The molecule has 0 saturated heterocycles. The number of nitrogens with one attached hydrogen (secondary N) is 1. The van der Waals surface area contributed by atoms with E-state index in [-0.39, 0.29) is 0 Å². The molecule has 1 unspecified atom stereocenters. The largest absolute Gasteiger partial charge is 0.490 e. The molecule has 1 N–H and O–H groups in total. The van der Waals surface area contributed by atoms with Gasteiger partial charge in [0, 0.05) is 6.04 Å². The van der Waals surface area contributed by atoms with Crippen LogP contribution in [-0.2, 0) is 0 Å². The van der Waals surface area contributed by atoms with Crippen molar-refractivity contribution < 1.29 is 9.47 Å². The molecule has 0 aliphatic carbocycles. The van der Waals surface area contributed by atoms with Gasteiger partial charge in [0.25, 0.3) is 0 Å². The Bertz CT molecular complexity index is 391. The molecular weight excluding hydrogens is 262 g/mol. The van der Waals surface area contributed by atoms with Crippen molar-refractivity contribution in [2.75, 3.05) is 19.8 Å². The SMILES string of the molecule is CCOc1ccccc1OCCC(CNC(C)C)C(C)C. The molecule has 0 aliphatic heterocycles. The van der Waals surface area contributed by atoms with Crippen molar-refractivity contribution in [3.63, 3.8) is 0 Å². The van der Waals surface area contributed by atoms with Gasteiger partial charge in [-0.2, -0.15) is 0 Å². The van der Waals surface area contributed by atoms with Gasteiger partial charge in [-0.05, 0) is 43.9 Å². The number of benzene rings is 1. The molecule has 0 fully saturated rings. The maximum atomic E-state index is 5.92. The van der Waals surface area contributed by atoms with Gasteiger partial charge in [-0.1, -0.05) is 39.8 Å². The summed E-state index contributed by atoms with van der Waals surface area (Å²) in [4.78, 5) is 0. The Kier molecular flexibility index (Phi) is 8.21. The van der Waals surface area contributed by atoms with E-state index in [2.05, 4.69) is 33.0 Å². The van der Waals surface area contributed by atoms with Crippen LogP contribution in [0.2, 0.25) is 0 Å². The molecule has 21 heavy (non-hydrogen) atoms. The smallest absolute Gasteiger partial charge is 0.161 e. The van der Waals surface area contributed by atoms with Crippen LogP contribution < -0.4 is 14.8 Å². The highest BCUT2D eigenvalue weighted by Gasteiger charge is 2.14. The first-order valence-corrected chi connectivity index (χ1v) is 8.12. The lowest BCUT2D eigenvalue weighted by Gasteiger charge is -2.23. The molecule has 3 heteroatoms. The molecule has 0 heterocycles. The van der Waals surface area contributed by atoms with Gasteiger partial charge in [0.1, 0.15) is 0 Å². The summed E-state index contributed by atoms with van der Waals surface area (Å²) in [6.07, 6.45) is 1.05. The maximum absolute atomic E-state index is 5.92. The Balaban J connectivity index is 2.46. The van der Waals surface area contributed by atoms with E-state index in [9.17, 15) is 0 Å². The molecule has 1 aromatic carbocycles. The van der Waals surface area contributed by atoms with Crippen molar-refractivity contribution in [1.82, 2.24) is 5.32 Å². The van der Waals surface area contributed by atoms with E-state index < -0.39 is 0 Å². The minimum Gasteiger partial charge on any atom is -0.490 e. The summed E-state index contributed by atoms with van der Waals surface area (Å²) in [5.74, 6) is 2.97. The van der Waals surface area contributed by atoms with Gasteiger partial charge in [-0.25, -0.2) is 0 Å². The molecule has 1 atom stereocenters. The zero-order valence-electron chi connectivity index (χ0n) is 14.2. The molecule has 0 radical (unpaired) electrons. The molecule has 3 nitrogen and oxygen atoms in total. The number of hydrogen-bond acceptors (Lipinski definition) is 3. The van der Waals surface area contributed by atoms with E-state index >= 15 is 0 Å². The zero-order chi connectivity index (χ0) is 15.7. The first-order chi connectivity index (χ1) is 10.0. The van der Waals surface area contributed by atoms with Crippen LogP contribution in [-0.4, -0.2) is 25.8 Å². The minimum absolute atomic E-state index is 0.533. The van der Waals surface area contributed by atoms with Gasteiger partial charge in [-0.3, -0.25) is 0 Å². The summed E-state index contributed by atoms with van der Waals surface area (Å²) in [5.41, 5.74) is 0. The van der Waals surface area contributed by atoms with Crippen molar-refractivity contribution in [3.05, 3.63) is 24.3 Å². The molecule has 1 aromatic rings. The predicted octanol–water partition coefficient (Wildman–Crippen LogP) is 4.12. The first kappa shape index (κ1) is 17.8. The molecule has 0 amide bonds. The predicted molar refractivity (Wildman–Crippen MR) is 89.2 cm³/mol. The number of para-hydroxylation sites is 2. The average Bonchev–Trinajstić information content (AvgIpc) is 2.44. The van der Waals surface area contributed by atoms with Gasteiger partial charge in [0.2, 0.25) is 0 Å². The fraction of sp³-hybridized carbons (Fsp3) is 0.667. The van der Waals surface area contributed by atoms with Crippen LogP contribution in [0.25, 0.3) is 0 Å². The second-order valence-corrected chi connectivity index (χ2v) is 6.08. The van der Waals surface area contributed by atoms with Crippen molar-refractivity contribution >= 4 is 0 Å². The number of hydrogen-bond donors (Lipinski definition) is 1. The molecule has 0 saturated carbocycles. The molecule has 0 aromatic heterocycles. The number of rotatable bonds is 10. The lowest BCUT2D eigenvalue weighted by molar-refractivity contribution is 0.229. The van der Waals surface area contributed by atoms with Crippen molar-refractivity contribution in [1.29, 1.82) is 0 Å². The van der Waals surface area contributed by atoms with Crippen LogP contribution in [0.4, 0.5) is 0 Å². The van der Waals surface area contributed by atoms with E-state index in [1.165, 1.54) is 0 Å². The lowest BCUT2D eigenvalue weighted by atomic mass is 9.92. The maximum Gasteiger partial charge on any atom is 0.161 e. The third kappa shape index (κ3) is 6.85. The third-order valence-corrected chi connectivity index (χ3v) is 3.63. The van der Waals surface area contributed by atoms with Crippen molar-refractivity contribution in [3.8, 4) is 11.5 Å². The molecule has 120 valence electrons. The summed E-state index contributed by atoms with van der Waals surface area (Å²) in [6, 6.07) is 8.42. The van der Waals surface area contributed by atoms with Crippen LogP contribution in [0, 0.1) is 11.8 Å². The average molecular weight is 293 g/mol. The Labute approximate surface area is 130 Å². The monoisotopic (exact) mass is 293 g/mol. The van der Waals surface area contributed by atoms with E-state index in [4.69, 9.17) is 9.47 Å². The Morgan fingerprint density at radius 1 is 1.00 bits per heavy atom. The van der Waals surface area contributed by atoms with Crippen LogP contribution in [0.1, 0.15) is 41.0 Å². The lowest BCUT2D eigenvalue weighted by Crippen LogP contribution is -2.32. The normalized spacial score (nSPS) is 12.7. The van der Waals surface area contributed by atoms with Gasteiger partial charge < -0.3 is 14.8 Å². The van der Waals surface area contributed by atoms with E-state index in [0.717, 1.165) is 31.1 Å². The number of ether oxygens (including phenoxy) is 2. The van der Waals surface area contributed by atoms with E-state index in [1.54, 1.807) is 0 Å². The van der Waals surface area contributed by atoms with Gasteiger partial charge >= 0.3 is 0 Å². The van der Waals surface area contributed by atoms with Crippen molar-refractivity contribution in [2.24, 2.45) is 11.8 Å². The summed E-state index contributed by atoms with van der Waals surface area (Å²) >= 11 is 0. The Hall–Kier alpha value is -1.22. The summed E-state index contributed by atoms with van der Waals surface area (Å²) in [6.45, 7) is 13.4. The zero-order valence-corrected chi connectivity index (χ0v) is 14.2. The standard InChI is InChI=1S/C18H31NO2/c1-6-20-17-9-7-8-10-18(17)21-12-11-16(14(2)3)13-19-15(4)5/h7-10,14-16,19H,6,11-13H2,1-5H3. The van der Waals surface area contributed by atoms with Crippen LogP contribution in [0.15, 0.2) is 24.3 Å². The summed E-state index contributed by atoms with van der Waals surface area (Å²) < 4.78 is 11.5. The highest BCUT2D eigenvalue weighted by atomic mass is 16.5. The summed E-state index contributed by atoms with van der Waals surface area (Å²) in [5, 5.41) is 3.53. The molecular formula is C18H31NO2.